The molecule has 0 radical (unpaired) electrons. The molecule has 0 saturated heterocycles. The second-order valence-electron chi connectivity index (χ2n) is 4.89. The lowest BCUT2D eigenvalue weighted by atomic mass is 10.1. The molecular formula is C17H14BrF3N2O2. The highest BCUT2D eigenvalue weighted by Gasteiger charge is 2.30. The van der Waals surface area contributed by atoms with Gasteiger partial charge in [-0.05, 0) is 49.4 Å². The van der Waals surface area contributed by atoms with E-state index in [0.717, 1.165) is 28.7 Å². The van der Waals surface area contributed by atoms with E-state index in [4.69, 9.17) is 4.74 Å². The molecule has 4 nitrogen and oxygen atoms in total. The van der Waals surface area contributed by atoms with Crippen molar-refractivity contribution in [3.8, 4) is 5.75 Å². The third-order valence-corrected chi connectivity index (χ3v) is 3.61. The van der Waals surface area contributed by atoms with Crippen LogP contribution in [0.3, 0.4) is 0 Å². The number of halogens is 4. The summed E-state index contributed by atoms with van der Waals surface area (Å²) in [7, 11) is 0. The first-order valence-corrected chi connectivity index (χ1v) is 8.03. The summed E-state index contributed by atoms with van der Waals surface area (Å²) in [5, 5.41) is 3.83. The Hall–Kier alpha value is -2.35. The fraction of sp³-hybridized carbons (Fsp3) is 0.176. The van der Waals surface area contributed by atoms with E-state index in [-0.39, 0.29) is 5.56 Å². The van der Waals surface area contributed by atoms with Gasteiger partial charge >= 0.3 is 6.18 Å². The van der Waals surface area contributed by atoms with Gasteiger partial charge in [-0.2, -0.15) is 18.3 Å². The van der Waals surface area contributed by atoms with Gasteiger partial charge in [-0.25, -0.2) is 5.43 Å². The monoisotopic (exact) mass is 414 g/mol. The first-order valence-electron chi connectivity index (χ1n) is 7.24. The molecule has 2 aromatic carbocycles. The van der Waals surface area contributed by atoms with Gasteiger partial charge in [-0.1, -0.05) is 15.9 Å². The highest BCUT2D eigenvalue weighted by atomic mass is 79.9. The van der Waals surface area contributed by atoms with Crippen LogP contribution in [0.5, 0.6) is 5.75 Å². The van der Waals surface area contributed by atoms with Crippen molar-refractivity contribution >= 4 is 28.1 Å². The lowest BCUT2D eigenvalue weighted by Crippen LogP contribution is -2.18. The summed E-state index contributed by atoms with van der Waals surface area (Å²) < 4.78 is 43.8. The molecule has 25 heavy (non-hydrogen) atoms. The predicted octanol–water partition coefficient (Wildman–Crippen LogP) is 4.63. The number of alkyl halides is 3. The Labute approximate surface area is 150 Å². The molecule has 0 aliphatic heterocycles. The van der Waals surface area contributed by atoms with Crippen molar-refractivity contribution in [2.24, 2.45) is 5.10 Å². The zero-order chi connectivity index (χ0) is 18.4. The molecule has 8 heteroatoms. The predicted molar refractivity (Wildman–Crippen MR) is 91.8 cm³/mol. The molecule has 0 unspecified atom stereocenters. The van der Waals surface area contributed by atoms with Crippen LogP contribution in [0.2, 0.25) is 0 Å². The van der Waals surface area contributed by atoms with Gasteiger partial charge in [-0.3, -0.25) is 4.79 Å². The summed E-state index contributed by atoms with van der Waals surface area (Å²) in [5.74, 6) is -0.0174. The Morgan fingerprint density at radius 1 is 1.24 bits per heavy atom. The van der Waals surface area contributed by atoms with Crippen LogP contribution < -0.4 is 10.2 Å². The van der Waals surface area contributed by atoms with Crippen LogP contribution in [0, 0.1) is 0 Å². The molecule has 0 aliphatic rings. The minimum absolute atomic E-state index is 0.0735. The number of amides is 1. The van der Waals surface area contributed by atoms with E-state index in [9.17, 15) is 18.0 Å². The number of benzene rings is 2. The maximum atomic E-state index is 12.5. The van der Waals surface area contributed by atoms with Crippen molar-refractivity contribution < 1.29 is 22.7 Å². The smallest absolute Gasteiger partial charge is 0.416 e. The molecule has 0 bridgehead atoms. The van der Waals surface area contributed by atoms with Gasteiger partial charge in [0.15, 0.2) is 0 Å². The molecule has 0 spiro atoms. The minimum atomic E-state index is -4.44. The molecule has 1 N–H and O–H groups in total. The van der Waals surface area contributed by atoms with Crippen LogP contribution in [0.1, 0.15) is 28.4 Å². The van der Waals surface area contributed by atoms with E-state index in [1.54, 1.807) is 12.1 Å². The third-order valence-electron chi connectivity index (χ3n) is 3.12. The summed E-state index contributed by atoms with van der Waals surface area (Å²) in [4.78, 5) is 11.9. The fourth-order valence-corrected chi connectivity index (χ4v) is 2.32. The fourth-order valence-electron chi connectivity index (χ4n) is 1.94. The number of nitrogens with one attached hydrogen (secondary N) is 1. The molecule has 0 saturated carbocycles. The zero-order valence-corrected chi connectivity index (χ0v) is 14.7. The van der Waals surface area contributed by atoms with Crippen LogP contribution in [0.25, 0.3) is 0 Å². The standard InChI is InChI=1S/C17H14BrF3N2O2/c1-2-25-15-8-7-14(18)9-12(15)10-22-23-16(24)11-3-5-13(6-4-11)17(19,20)21/h3-10H,2H2,1H3,(H,23,24). The Kier molecular flexibility index (Phi) is 6.19. The lowest BCUT2D eigenvalue weighted by molar-refractivity contribution is -0.137. The topological polar surface area (TPSA) is 50.7 Å². The van der Waals surface area contributed by atoms with Gasteiger partial charge in [0.05, 0.1) is 18.4 Å². The summed E-state index contributed by atoms with van der Waals surface area (Å²) >= 11 is 3.33. The van der Waals surface area contributed by atoms with Crippen LogP contribution in [0.15, 0.2) is 52.0 Å². The highest BCUT2D eigenvalue weighted by molar-refractivity contribution is 9.10. The molecule has 0 fully saturated rings. The minimum Gasteiger partial charge on any atom is -0.493 e. The molecule has 2 rings (SSSR count). The van der Waals surface area contributed by atoms with Crippen molar-refractivity contribution in [3.63, 3.8) is 0 Å². The van der Waals surface area contributed by atoms with E-state index in [2.05, 4.69) is 26.5 Å². The van der Waals surface area contributed by atoms with Crippen LogP contribution in [0.4, 0.5) is 13.2 Å². The number of rotatable bonds is 5. The molecular weight excluding hydrogens is 401 g/mol. The van der Waals surface area contributed by atoms with E-state index in [1.165, 1.54) is 6.21 Å². The van der Waals surface area contributed by atoms with Gasteiger partial charge in [0.2, 0.25) is 0 Å². The largest absolute Gasteiger partial charge is 0.493 e. The molecule has 0 heterocycles. The second kappa shape index (κ2) is 8.15. The number of nitrogens with zero attached hydrogens (tertiary/aromatic N) is 1. The first-order chi connectivity index (χ1) is 11.8. The Morgan fingerprint density at radius 3 is 2.52 bits per heavy atom. The van der Waals surface area contributed by atoms with Gasteiger partial charge < -0.3 is 4.74 Å². The van der Waals surface area contributed by atoms with Crippen molar-refractivity contribution in [3.05, 3.63) is 63.6 Å². The van der Waals surface area contributed by atoms with Gasteiger partial charge in [0, 0.05) is 15.6 Å². The van der Waals surface area contributed by atoms with Crippen LogP contribution in [-0.2, 0) is 6.18 Å². The molecule has 1 amide bonds. The molecule has 132 valence electrons. The SMILES string of the molecule is CCOc1ccc(Br)cc1C=NNC(=O)c1ccc(C(F)(F)F)cc1. The maximum absolute atomic E-state index is 12.5. The highest BCUT2D eigenvalue weighted by Crippen LogP contribution is 2.29. The quantitative estimate of drug-likeness (QED) is 0.572. The summed E-state index contributed by atoms with van der Waals surface area (Å²) in [6.45, 7) is 2.32. The van der Waals surface area contributed by atoms with E-state index >= 15 is 0 Å². The van der Waals surface area contributed by atoms with Crippen LogP contribution in [-0.4, -0.2) is 18.7 Å². The molecule has 0 aliphatic carbocycles. The Balaban J connectivity index is 2.07. The molecule has 0 aromatic heterocycles. The van der Waals surface area contributed by atoms with Crippen molar-refractivity contribution in [1.29, 1.82) is 0 Å². The Bertz CT molecular complexity index is 774. The van der Waals surface area contributed by atoms with Gasteiger partial charge in [0.1, 0.15) is 5.75 Å². The molecule has 0 atom stereocenters. The number of hydrogen-bond acceptors (Lipinski definition) is 3. The number of carbonyl (C=O) groups excluding carboxylic acids is 1. The normalized spacial score (nSPS) is 11.6. The molecule has 2 aromatic rings. The average molecular weight is 415 g/mol. The average Bonchev–Trinajstić information content (AvgIpc) is 2.56. The summed E-state index contributed by atoms with van der Waals surface area (Å²) in [5.41, 5.74) is 2.17. The van der Waals surface area contributed by atoms with Crippen molar-refractivity contribution in [1.82, 2.24) is 5.43 Å². The number of ether oxygens (including phenoxy) is 1. The van der Waals surface area contributed by atoms with Crippen LogP contribution >= 0.6 is 15.9 Å². The zero-order valence-electron chi connectivity index (χ0n) is 13.1. The maximum Gasteiger partial charge on any atom is 0.416 e. The number of hydrazone groups is 1. The van der Waals surface area contributed by atoms with Crippen molar-refractivity contribution in [2.45, 2.75) is 13.1 Å². The van der Waals surface area contributed by atoms with Gasteiger partial charge in [-0.15, -0.1) is 0 Å². The summed E-state index contributed by atoms with van der Waals surface area (Å²) in [6, 6.07) is 9.21. The number of carbonyl (C=O) groups is 1. The lowest BCUT2D eigenvalue weighted by Gasteiger charge is -2.08. The summed E-state index contributed by atoms with van der Waals surface area (Å²) in [6.07, 6.45) is -3.04. The third kappa shape index (κ3) is 5.32. The van der Waals surface area contributed by atoms with E-state index in [0.29, 0.717) is 17.9 Å². The van der Waals surface area contributed by atoms with Gasteiger partial charge in [0.25, 0.3) is 5.91 Å². The van der Waals surface area contributed by atoms with E-state index in [1.807, 2.05) is 13.0 Å². The van der Waals surface area contributed by atoms with Crippen molar-refractivity contribution in [2.75, 3.05) is 6.61 Å². The first kappa shape index (κ1) is 19.0. The van der Waals surface area contributed by atoms with E-state index < -0.39 is 17.6 Å². The second-order valence-corrected chi connectivity index (χ2v) is 5.81. The number of hydrogen-bond donors (Lipinski definition) is 1. The Morgan fingerprint density at radius 2 is 1.92 bits per heavy atom.